The Kier molecular flexibility index (Phi) is 6.71. The number of nitrogens with zero attached hydrogens (tertiary/aromatic N) is 3. The molecular weight excluding hydrogens is 380 g/mol. The highest BCUT2D eigenvalue weighted by atomic mass is 35.5. The van der Waals surface area contributed by atoms with Gasteiger partial charge in [-0.25, -0.2) is 4.98 Å². The average molecular weight is 407 g/mol. The van der Waals surface area contributed by atoms with Gasteiger partial charge in [-0.3, -0.25) is 4.79 Å². The topological polar surface area (TPSA) is 58.1 Å². The van der Waals surface area contributed by atoms with E-state index in [1.165, 1.54) is 11.5 Å². The van der Waals surface area contributed by atoms with Gasteiger partial charge in [-0.1, -0.05) is 37.6 Å². The van der Waals surface area contributed by atoms with Gasteiger partial charge in [-0.05, 0) is 43.4 Å². The van der Waals surface area contributed by atoms with Crippen LogP contribution in [0.15, 0.2) is 24.3 Å². The van der Waals surface area contributed by atoms with Crippen LogP contribution in [0.5, 0.6) is 0 Å². The summed E-state index contributed by atoms with van der Waals surface area (Å²) in [6.45, 7) is 7.96. The van der Waals surface area contributed by atoms with E-state index >= 15 is 0 Å². The van der Waals surface area contributed by atoms with Crippen LogP contribution < -0.4 is 10.2 Å². The quantitative estimate of drug-likeness (QED) is 0.782. The predicted molar refractivity (Wildman–Crippen MR) is 112 cm³/mol. The van der Waals surface area contributed by atoms with Crippen molar-refractivity contribution < 1.29 is 4.79 Å². The highest BCUT2D eigenvalue weighted by Gasteiger charge is 2.28. The second-order valence-electron chi connectivity index (χ2n) is 7.62. The number of hydrogen-bond donors (Lipinski definition) is 1. The number of piperidine rings is 1. The Morgan fingerprint density at radius 1 is 1.33 bits per heavy atom. The van der Waals surface area contributed by atoms with Crippen LogP contribution in [0.25, 0.3) is 0 Å². The zero-order chi connectivity index (χ0) is 19.4. The lowest BCUT2D eigenvalue weighted by molar-refractivity contribution is -0.126. The Bertz CT molecular complexity index is 762. The molecule has 1 aromatic heterocycles. The number of anilines is 1. The van der Waals surface area contributed by atoms with Gasteiger partial charge in [0.1, 0.15) is 5.82 Å². The fraction of sp³-hybridized carbons (Fsp3) is 0.550. The number of carbonyl (C=O) groups is 1. The number of aromatic nitrogens is 2. The lowest BCUT2D eigenvalue weighted by Gasteiger charge is -2.32. The summed E-state index contributed by atoms with van der Waals surface area (Å²) >= 11 is 7.36. The van der Waals surface area contributed by atoms with E-state index in [2.05, 4.69) is 35.4 Å². The number of benzene rings is 1. The third-order valence-corrected chi connectivity index (χ3v) is 6.23. The highest BCUT2D eigenvalue weighted by Crippen LogP contribution is 2.26. The molecule has 2 heterocycles. The summed E-state index contributed by atoms with van der Waals surface area (Å²) in [6.07, 6.45) is 2.63. The minimum Gasteiger partial charge on any atom is -0.353 e. The maximum Gasteiger partial charge on any atom is 0.225 e. The first-order valence-corrected chi connectivity index (χ1v) is 10.7. The van der Waals surface area contributed by atoms with Crippen LogP contribution >= 0.6 is 23.1 Å². The van der Waals surface area contributed by atoms with Gasteiger partial charge in [0.25, 0.3) is 0 Å². The molecule has 1 N–H and O–H groups in total. The Labute approximate surface area is 170 Å². The van der Waals surface area contributed by atoms with E-state index in [0.717, 1.165) is 40.9 Å². The van der Waals surface area contributed by atoms with Crippen LogP contribution in [0.4, 0.5) is 5.13 Å². The van der Waals surface area contributed by atoms with E-state index in [0.29, 0.717) is 18.9 Å². The maximum absolute atomic E-state index is 12.6. The molecule has 2 aromatic rings. The molecule has 1 amide bonds. The number of hydrogen-bond acceptors (Lipinski definition) is 5. The van der Waals surface area contributed by atoms with Gasteiger partial charge in [-0.2, -0.15) is 4.37 Å². The molecule has 1 aliphatic heterocycles. The number of halogens is 1. The van der Waals surface area contributed by atoms with Crippen molar-refractivity contribution in [2.45, 2.75) is 46.1 Å². The summed E-state index contributed by atoms with van der Waals surface area (Å²) in [5.74, 6) is 1.43. The molecule has 146 valence electrons. The summed E-state index contributed by atoms with van der Waals surface area (Å²) in [5, 5.41) is 4.80. The lowest BCUT2D eigenvalue weighted by atomic mass is 9.96. The fourth-order valence-corrected chi connectivity index (χ4v) is 3.95. The van der Waals surface area contributed by atoms with E-state index in [1.54, 1.807) is 0 Å². The normalized spacial score (nSPS) is 18.6. The molecule has 0 unspecified atom stereocenters. The molecule has 1 fully saturated rings. The summed E-state index contributed by atoms with van der Waals surface area (Å²) in [7, 11) is 0. The van der Waals surface area contributed by atoms with Crippen LogP contribution in [0.2, 0.25) is 5.02 Å². The Balaban J connectivity index is 1.60. The summed E-state index contributed by atoms with van der Waals surface area (Å²) in [4.78, 5) is 19.5. The molecule has 5 nitrogen and oxygen atoms in total. The van der Waals surface area contributed by atoms with E-state index in [1.807, 2.05) is 24.3 Å². The number of rotatable bonds is 6. The van der Waals surface area contributed by atoms with Gasteiger partial charge in [0, 0.05) is 42.1 Å². The van der Waals surface area contributed by atoms with Crippen molar-refractivity contribution in [2.75, 3.05) is 18.0 Å². The van der Waals surface area contributed by atoms with E-state index < -0.39 is 0 Å². The fourth-order valence-electron chi connectivity index (χ4n) is 3.10. The van der Waals surface area contributed by atoms with Crippen LogP contribution in [0.1, 0.15) is 45.0 Å². The van der Waals surface area contributed by atoms with Crippen LogP contribution in [0, 0.1) is 11.8 Å². The molecule has 27 heavy (non-hydrogen) atoms. The minimum atomic E-state index is 0.0172. The Morgan fingerprint density at radius 2 is 2.07 bits per heavy atom. The van der Waals surface area contributed by atoms with Crippen LogP contribution in [-0.4, -0.2) is 34.4 Å². The van der Waals surface area contributed by atoms with Crippen molar-refractivity contribution in [2.24, 2.45) is 11.8 Å². The number of amides is 1. The third-order valence-electron chi connectivity index (χ3n) is 5.17. The maximum atomic E-state index is 12.6. The van der Waals surface area contributed by atoms with Crippen LogP contribution in [-0.2, 0) is 11.2 Å². The van der Waals surface area contributed by atoms with Gasteiger partial charge in [-0.15, -0.1) is 0 Å². The average Bonchev–Trinajstić information content (AvgIpc) is 3.12. The van der Waals surface area contributed by atoms with Crippen molar-refractivity contribution in [1.29, 1.82) is 0 Å². The van der Waals surface area contributed by atoms with Gasteiger partial charge >= 0.3 is 0 Å². The Hall–Kier alpha value is -1.66. The molecular formula is C20H27ClN4OS. The third kappa shape index (κ3) is 5.42. The van der Waals surface area contributed by atoms with Crippen molar-refractivity contribution in [1.82, 2.24) is 14.7 Å². The molecule has 0 saturated carbocycles. The molecule has 1 aliphatic rings. The van der Waals surface area contributed by atoms with Gasteiger partial charge in [0.15, 0.2) is 0 Å². The standard InChI is InChI=1S/C20H27ClN4OS/c1-13(2)14(3)22-19(26)16-5-4-10-25(12-16)20-23-18(24-27-20)11-15-6-8-17(21)9-7-15/h6-9,13-14,16H,4-5,10-12H2,1-3H3,(H,22,26)/t14-,16-/m1/s1. The van der Waals surface area contributed by atoms with E-state index in [9.17, 15) is 4.79 Å². The van der Waals surface area contributed by atoms with Crippen molar-refractivity contribution in [3.05, 3.63) is 40.7 Å². The minimum absolute atomic E-state index is 0.0172. The first-order chi connectivity index (χ1) is 12.9. The first kappa shape index (κ1) is 20.1. The molecule has 0 spiro atoms. The molecule has 0 radical (unpaired) electrons. The van der Waals surface area contributed by atoms with Gasteiger partial charge in [0.2, 0.25) is 11.0 Å². The number of carbonyl (C=O) groups excluding carboxylic acids is 1. The van der Waals surface area contributed by atoms with Crippen molar-refractivity contribution in [3.63, 3.8) is 0 Å². The highest BCUT2D eigenvalue weighted by molar-refractivity contribution is 7.09. The molecule has 0 aliphatic carbocycles. The molecule has 1 aromatic carbocycles. The summed E-state index contributed by atoms with van der Waals surface area (Å²) < 4.78 is 4.51. The zero-order valence-electron chi connectivity index (χ0n) is 16.1. The second-order valence-corrected chi connectivity index (χ2v) is 8.79. The summed E-state index contributed by atoms with van der Waals surface area (Å²) in [5.41, 5.74) is 1.14. The van der Waals surface area contributed by atoms with E-state index in [-0.39, 0.29) is 17.9 Å². The summed E-state index contributed by atoms with van der Waals surface area (Å²) in [6, 6.07) is 7.97. The SMILES string of the molecule is CC(C)[C@@H](C)NC(=O)[C@@H]1CCCN(c2nc(Cc3ccc(Cl)cc3)ns2)C1. The van der Waals surface area contributed by atoms with E-state index in [4.69, 9.17) is 16.6 Å². The smallest absolute Gasteiger partial charge is 0.225 e. The lowest BCUT2D eigenvalue weighted by Crippen LogP contribution is -2.46. The van der Waals surface area contributed by atoms with Crippen molar-refractivity contribution in [3.8, 4) is 0 Å². The molecule has 1 saturated heterocycles. The molecule has 7 heteroatoms. The largest absolute Gasteiger partial charge is 0.353 e. The molecule has 3 rings (SSSR count). The van der Waals surface area contributed by atoms with Gasteiger partial charge < -0.3 is 10.2 Å². The zero-order valence-corrected chi connectivity index (χ0v) is 17.7. The molecule has 2 atom stereocenters. The second kappa shape index (κ2) is 9.02. The van der Waals surface area contributed by atoms with Gasteiger partial charge in [0.05, 0.1) is 5.92 Å². The van der Waals surface area contributed by atoms with Crippen molar-refractivity contribution >= 4 is 34.2 Å². The predicted octanol–water partition coefficient (Wildman–Crippen LogP) is 4.16. The first-order valence-electron chi connectivity index (χ1n) is 9.54. The monoisotopic (exact) mass is 406 g/mol. The Morgan fingerprint density at radius 3 is 2.78 bits per heavy atom. The number of nitrogens with one attached hydrogen (secondary N) is 1. The molecule has 0 bridgehead atoms. The van der Waals surface area contributed by atoms with Crippen LogP contribution in [0.3, 0.4) is 0 Å².